The van der Waals surface area contributed by atoms with Crippen LogP contribution in [0.5, 0.6) is 0 Å². The van der Waals surface area contributed by atoms with Crippen LogP contribution in [0.1, 0.15) is 0 Å². The summed E-state index contributed by atoms with van der Waals surface area (Å²) < 4.78 is 21.2. The second-order valence-corrected chi connectivity index (χ2v) is 7.25. The van der Waals surface area contributed by atoms with Gasteiger partial charge >= 0.3 is 0 Å². The number of sulfone groups is 1. The summed E-state index contributed by atoms with van der Waals surface area (Å²) in [5, 5.41) is 0. The van der Waals surface area contributed by atoms with Crippen molar-refractivity contribution in [3.05, 3.63) is 30.3 Å². The number of halogens is 3. The van der Waals surface area contributed by atoms with Crippen LogP contribution in [0.2, 0.25) is 0 Å². The summed E-state index contributed by atoms with van der Waals surface area (Å²) in [6.07, 6.45) is 1.20. The SMILES string of the molecule is CS(=O)(=O)c1ccccc1.ClSC(Cl)Cl. The Bertz CT molecular complexity index is 365. The molecule has 1 rings (SSSR count). The zero-order valence-electron chi connectivity index (χ0n) is 7.73. The molecule has 0 saturated carbocycles. The number of hydrogen-bond acceptors (Lipinski definition) is 3. The zero-order valence-corrected chi connectivity index (χ0v) is 11.6. The molecule has 0 aliphatic heterocycles. The molecule has 0 aliphatic carbocycles. The van der Waals surface area contributed by atoms with E-state index < -0.39 is 14.0 Å². The summed E-state index contributed by atoms with van der Waals surface area (Å²) in [6.45, 7) is 0. The summed E-state index contributed by atoms with van der Waals surface area (Å²) in [4.78, 5) is 0.370. The van der Waals surface area contributed by atoms with E-state index in [9.17, 15) is 8.42 Å². The first kappa shape index (κ1) is 15.4. The smallest absolute Gasteiger partial charge is 0.175 e. The third-order valence-corrected chi connectivity index (χ3v) is 4.12. The van der Waals surface area contributed by atoms with Crippen LogP contribution in [0, 0.1) is 0 Å². The van der Waals surface area contributed by atoms with E-state index in [1.807, 2.05) is 0 Å². The van der Waals surface area contributed by atoms with Crippen LogP contribution >= 0.6 is 44.9 Å². The second kappa shape index (κ2) is 7.63. The van der Waals surface area contributed by atoms with Crippen LogP contribution in [-0.2, 0) is 9.84 Å². The number of hydrogen-bond donors (Lipinski definition) is 0. The van der Waals surface area contributed by atoms with Gasteiger partial charge in [-0.1, -0.05) is 41.4 Å². The molecule has 0 radical (unpaired) electrons. The number of rotatable bonds is 2. The van der Waals surface area contributed by atoms with Gasteiger partial charge in [0.1, 0.15) is 0 Å². The third-order valence-electron chi connectivity index (χ3n) is 1.24. The zero-order chi connectivity index (χ0) is 11.9. The maximum Gasteiger partial charge on any atom is 0.175 e. The maximum absolute atomic E-state index is 10.8. The lowest BCUT2D eigenvalue weighted by atomic mass is 10.4. The average Bonchev–Trinajstić information content (AvgIpc) is 2.19. The van der Waals surface area contributed by atoms with Crippen LogP contribution in [0.3, 0.4) is 0 Å². The van der Waals surface area contributed by atoms with Crippen molar-refractivity contribution < 1.29 is 8.42 Å². The highest BCUT2D eigenvalue weighted by molar-refractivity contribution is 8.23. The van der Waals surface area contributed by atoms with E-state index in [0.29, 0.717) is 4.90 Å². The fraction of sp³-hybridized carbons (Fsp3) is 0.250. The third kappa shape index (κ3) is 8.22. The molecule has 0 heterocycles. The van der Waals surface area contributed by atoms with Gasteiger partial charge in [0.15, 0.2) is 14.0 Å². The van der Waals surface area contributed by atoms with Gasteiger partial charge in [-0.25, -0.2) is 8.42 Å². The molecule has 2 nitrogen and oxygen atoms in total. The average molecular weight is 308 g/mol. The van der Waals surface area contributed by atoms with Crippen molar-refractivity contribution in [3.8, 4) is 0 Å². The van der Waals surface area contributed by atoms with Crippen molar-refractivity contribution >= 4 is 54.7 Å². The number of alkyl halides is 2. The van der Waals surface area contributed by atoms with Gasteiger partial charge in [-0.15, -0.1) is 0 Å². The quantitative estimate of drug-likeness (QED) is 0.781. The molecule has 0 atom stereocenters. The Labute approximate surface area is 108 Å². The summed E-state index contributed by atoms with van der Waals surface area (Å²) in [5.41, 5.74) is 0. The van der Waals surface area contributed by atoms with Gasteiger partial charge in [0.25, 0.3) is 0 Å². The second-order valence-electron chi connectivity index (χ2n) is 2.43. The van der Waals surface area contributed by atoms with Crippen molar-refractivity contribution in [2.45, 2.75) is 9.06 Å². The summed E-state index contributed by atoms with van der Waals surface area (Å²) in [5.74, 6) is 0. The van der Waals surface area contributed by atoms with Crippen LogP contribution in [0.25, 0.3) is 0 Å². The Morgan fingerprint density at radius 2 is 1.60 bits per heavy atom. The first-order valence-electron chi connectivity index (χ1n) is 3.68. The Kier molecular flexibility index (Phi) is 7.83. The Morgan fingerprint density at radius 1 is 1.20 bits per heavy atom. The van der Waals surface area contributed by atoms with Crippen LogP contribution in [0.4, 0.5) is 0 Å². The molecule has 0 unspecified atom stereocenters. The van der Waals surface area contributed by atoms with Crippen molar-refractivity contribution in [1.82, 2.24) is 0 Å². The Hall–Kier alpha value is 0.390. The Balaban J connectivity index is 0.000000336. The lowest BCUT2D eigenvalue weighted by Crippen LogP contribution is -1.95. The molecule has 0 aromatic heterocycles. The van der Waals surface area contributed by atoms with Crippen LogP contribution < -0.4 is 0 Å². The minimum absolute atomic E-state index is 0.370. The minimum Gasteiger partial charge on any atom is -0.224 e. The molecule has 15 heavy (non-hydrogen) atoms. The lowest BCUT2D eigenvalue weighted by Gasteiger charge is -1.93. The van der Waals surface area contributed by atoms with Crippen molar-refractivity contribution in [2.75, 3.05) is 6.26 Å². The molecule has 0 fully saturated rings. The monoisotopic (exact) mass is 306 g/mol. The van der Waals surface area contributed by atoms with Gasteiger partial charge in [0.05, 0.1) is 4.90 Å². The van der Waals surface area contributed by atoms with E-state index in [0.717, 1.165) is 11.0 Å². The molecule has 0 spiro atoms. The van der Waals surface area contributed by atoms with E-state index >= 15 is 0 Å². The molecule has 7 heteroatoms. The predicted molar refractivity (Wildman–Crippen MR) is 68.5 cm³/mol. The molecule has 0 aliphatic rings. The van der Waals surface area contributed by atoms with E-state index in [-0.39, 0.29) is 0 Å². The topological polar surface area (TPSA) is 34.1 Å². The first-order valence-corrected chi connectivity index (χ1v) is 8.15. The lowest BCUT2D eigenvalue weighted by molar-refractivity contribution is 0.602. The van der Waals surface area contributed by atoms with Crippen molar-refractivity contribution in [2.24, 2.45) is 0 Å². The molecular weight excluding hydrogens is 299 g/mol. The van der Waals surface area contributed by atoms with E-state index in [1.165, 1.54) is 6.26 Å². The highest BCUT2D eigenvalue weighted by Gasteiger charge is 2.02. The van der Waals surface area contributed by atoms with Gasteiger partial charge in [-0.05, 0) is 33.8 Å². The van der Waals surface area contributed by atoms with Gasteiger partial charge in [-0.2, -0.15) is 0 Å². The highest BCUT2D eigenvalue weighted by Crippen LogP contribution is 2.21. The molecule has 0 N–H and O–H groups in total. The molecule has 1 aromatic carbocycles. The van der Waals surface area contributed by atoms with E-state index in [1.54, 1.807) is 30.3 Å². The van der Waals surface area contributed by atoms with Crippen LogP contribution in [-0.4, -0.2) is 18.8 Å². The molecule has 0 saturated heterocycles. The summed E-state index contributed by atoms with van der Waals surface area (Å²) in [7, 11) is 2.87. The molecule has 86 valence electrons. The van der Waals surface area contributed by atoms with Gasteiger partial charge in [-0.3, -0.25) is 0 Å². The van der Waals surface area contributed by atoms with Crippen molar-refractivity contribution in [1.29, 1.82) is 0 Å². The standard InChI is InChI=1S/C7H8O2S.CHCl3S/c1-10(8,9)7-5-3-2-4-6-7;2-1(3)5-4/h2-6H,1H3;1H. The number of benzene rings is 1. The molecule has 0 amide bonds. The fourth-order valence-electron chi connectivity index (χ4n) is 0.668. The fourth-order valence-corrected chi connectivity index (χ4v) is 1.32. The first-order chi connectivity index (χ1) is 6.88. The Morgan fingerprint density at radius 3 is 1.80 bits per heavy atom. The van der Waals surface area contributed by atoms with Gasteiger partial charge < -0.3 is 0 Å². The van der Waals surface area contributed by atoms with Crippen LogP contribution in [0.15, 0.2) is 35.2 Å². The normalized spacial score (nSPS) is 10.7. The van der Waals surface area contributed by atoms with E-state index in [2.05, 4.69) is 0 Å². The van der Waals surface area contributed by atoms with E-state index in [4.69, 9.17) is 33.9 Å². The van der Waals surface area contributed by atoms with Crippen molar-refractivity contribution in [3.63, 3.8) is 0 Å². The predicted octanol–water partition coefficient (Wildman–Crippen LogP) is 3.72. The highest BCUT2D eigenvalue weighted by atomic mass is 35.7. The maximum atomic E-state index is 10.8. The molecular formula is C8H9Cl3O2S2. The molecule has 1 aromatic rings. The largest absolute Gasteiger partial charge is 0.224 e. The summed E-state index contributed by atoms with van der Waals surface area (Å²) >= 11 is 10.1. The van der Waals surface area contributed by atoms with Gasteiger partial charge in [0, 0.05) is 6.26 Å². The minimum atomic E-state index is -3.00. The van der Waals surface area contributed by atoms with Gasteiger partial charge in [0.2, 0.25) is 0 Å². The molecule has 0 bridgehead atoms. The summed E-state index contributed by atoms with van der Waals surface area (Å²) in [6, 6.07) is 8.35.